The third-order valence-corrected chi connectivity index (χ3v) is 4.02. The predicted molar refractivity (Wildman–Crippen MR) is 78.8 cm³/mol. The highest BCUT2D eigenvalue weighted by molar-refractivity contribution is 7.84. The van der Waals surface area contributed by atoms with Crippen molar-refractivity contribution in [3.05, 3.63) is 18.2 Å². The highest BCUT2D eigenvalue weighted by Crippen LogP contribution is 2.24. The molecule has 0 aliphatic heterocycles. The Morgan fingerprint density at radius 1 is 1.47 bits per heavy atom. The van der Waals surface area contributed by atoms with E-state index in [1.54, 1.807) is 25.3 Å². The van der Waals surface area contributed by atoms with E-state index in [4.69, 9.17) is 10.5 Å². The van der Waals surface area contributed by atoms with Gasteiger partial charge in [0.25, 0.3) is 0 Å². The Morgan fingerprint density at radius 3 is 2.79 bits per heavy atom. The minimum atomic E-state index is -0.820. The van der Waals surface area contributed by atoms with Crippen molar-refractivity contribution in [1.29, 1.82) is 0 Å². The van der Waals surface area contributed by atoms with Crippen molar-refractivity contribution < 1.29 is 13.7 Å². The smallest absolute Gasteiger partial charge is 0.224 e. The highest BCUT2D eigenvalue weighted by Gasteiger charge is 2.07. The minimum absolute atomic E-state index is 0.120. The fraction of sp³-hybridized carbons (Fsp3) is 0.462. The number of methoxy groups -OCH3 is 1. The molecule has 5 nitrogen and oxygen atoms in total. The van der Waals surface area contributed by atoms with Crippen molar-refractivity contribution in [3.63, 3.8) is 0 Å². The van der Waals surface area contributed by atoms with Crippen molar-refractivity contribution in [2.45, 2.75) is 19.8 Å². The Bertz CT molecular complexity index is 463. The van der Waals surface area contributed by atoms with E-state index in [-0.39, 0.29) is 5.91 Å². The summed E-state index contributed by atoms with van der Waals surface area (Å²) in [7, 11) is 0.737. The molecule has 0 aliphatic carbocycles. The molecule has 0 heterocycles. The molecule has 1 aromatic rings. The lowest BCUT2D eigenvalue weighted by Crippen LogP contribution is -2.14. The molecule has 1 amide bonds. The number of amides is 1. The summed E-state index contributed by atoms with van der Waals surface area (Å²) >= 11 is 0. The molecule has 1 atom stereocenters. The molecular formula is C13H20N2O3S. The summed E-state index contributed by atoms with van der Waals surface area (Å²) in [4.78, 5) is 11.7. The number of nitrogen functional groups attached to an aromatic ring is 1. The molecular weight excluding hydrogens is 264 g/mol. The number of nitrogens with one attached hydrogen (secondary N) is 1. The summed E-state index contributed by atoms with van der Waals surface area (Å²) in [5.74, 6) is 1.72. The molecule has 0 aromatic heterocycles. The fourth-order valence-electron chi connectivity index (χ4n) is 1.53. The first-order chi connectivity index (χ1) is 9.06. The van der Waals surface area contributed by atoms with Crippen molar-refractivity contribution in [2.24, 2.45) is 0 Å². The van der Waals surface area contributed by atoms with E-state index in [0.29, 0.717) is 41.5 Å². The maximum Gasteiger partial charge on any atom is 0.224 e. The molecule has 0 saturated heterocycles. The van der Waals surface area contributed by atoms with Crippen LogP contribution in [0.1, 0.15) is 19.8 Å². The Labute approximate surface area is 116 Å². The van der Waals surface area contributed by atoms with Crippen LogP contribution in [0.4, 0.5) is 11.4 Å². The second-order valence-corrected chi connectivity index (χ2v) is 5.90. The number of hydrogen-bond donors (Lipinski definition) is 2. The van der Waals surface area contributed by atoms with Crippen LogP contribution in [0.15, 0.2) is 18.2 Å². The van der Waals surface area contributed by atoms with Gasteiger partial charge in [0, 0.05) is 34.8 Å². The monoisotopic (exact) mass is 284 g/mol. The molecule has 106 valence electrons. The van der Waals surface area contributed by atoms with Gasteiger partial charge in [-0.15, -0.1) is 0 Å². The van der Waals surface area contributed by atoms with Gasteiger partial charge in [0.05, 0.1) is 18.5 Å². The van der Waals surface area contributed by atoms with Crippen molar-refractivity contribution in [3.8, 4) is 5.75 Å². The zero-order valence-corrected chi connectivity index (χ0v) is 12.1. The van der Waals surface area contributed by atoms with Crippen LogP contribution in [-0.2, 0) is 15.6 Å². The number of anilines is 2. The lowest BCUT2D eigenvalue weighted by atomic mass is 10.2. The standard InChI is InChI=1S/C13H20N2O3S/c1-3-19(17)8-4-5-13(16)15-12-7-6-10(18-2)9-11(12)14/h6-7,9H,3-5,8,14H2,1-2H3,(H,15,16). The van der Waals surface area contributed by atoms with Crippen molar-refractivity contribution >= 4 is 28.1 Å². The summed E-state index contributed by atoms with van der Waals surface area (Å²) in [6.07, 6.45) is 0.958. The Balaban J connectivity index is 2.46. The summed E-state index contributed by atoms with van der Waals surface area (Å²) in [5.41, 5.74) is 6.83. The van der Waals surface area contributed by atoms with E-state index in [1.165, 1.54) is 0 Å². The number of carbonyl (C=O) groups is 1. The van der Waals surface area contributed by atoms with Gasteiger partial charge in [0.2, 0.25) is 5.91 Å². The molecule has 19 heavy (non-hydrogen) atoms. The Kier molecular flexibility index (Phi) is 6.35. The first kappa shape index (κ1) is 15.5. The van der Waals surface area contributed by atoms with E-state index in [1.807, 2.05) is 6.92 Å². The SMILES string of the molecule is CCS(=O)CCCC(=O)Nc1ccc(OC)cc1N. The molecule has 3 N–H and O–H groups in total. The predicted octanol–water partition coefficient (Wildman–Crippen LogP) is 1.76. The van der Waals surface area contributed by atoms with Crippen LogP contribution in [0, 0.1) is 0 Å². The summed E-state index contributed by atoms with van der Waals surface area (Å²) < 4.78 is 16.3. The van der Waals surface area contributed by atoms with Gasteiger partial charge in [-0.2, -0.15) is 0 Å². The third kappa shape index (κ3) is 5.30. The second kappa shape index (κ2) is 7.78. The fourth-order valence-corrected chi connectivity index (χ4v) is 2.29. The van der Waals surface area contributed by atoms with Crippen LogP contribution < -0.4 is 15.8 Å². The second-order valence-electron chi connectivity index (χ2n) is 4.04. The lowest BCUT2D eigenvalue weighted by molar-refractivity contribution is -0.116. The molecule has 1 unspecified atom stereocenters. The number of ether oxygens (including phenoxy) is 1. The number of hydrogen-bond acceptors (Lipinski definition) is 4. The zero-order valence-electron chi connectivity index (χ0n) is 11.3. The summed E-state index contributed by atoms with van der Waals surface area (Å²) in [5, 5.41) is 2.73. The largest absolute Gasteiger partial charge is 0.497 e. The molecule has 0 saturated carbocycles. The zero-order chi connectivity index (χ0) is 14.3. The Morgan fingerprint density at radius 2 is 2.21 bits per heavy atom. The lowest BCUT2D eigenvalue weighted by Gasteiger charge is -2.09. The van der Waals surface area contributed by atoms with Crippen LogP contribution >= 0.6 is 0 Å². The normalized spacial score (nSPS) is 11.9. The van der Waals surface area contributed by atoms with Crippen LogP contribution in [0.2, 0.25) is 0 Å². The highest BCUT2D eigenvalue weighted by atomic mass is 32.2. The van der Waals surface area contributed by atoms with E-state index in [9.17, 15) is 9.00 Å². The molecule has 1 aromatic carbocycles. The average Bonchev–Trinajstić information content (AvgIpc) is 2.40. The number of nitrogens with two attached hydrogens (primary N) is 1. The van der Waals surface area contributed by atoms with Crippen molar-refractivity contribution in [1.82, 2.24) is 0 Å². The van der Waals surface area contributed by atoms with Gasteiger partial charge in [0.1, 0.15) is 5.75 Å². The van der Waals surface area contributed by atoms with E-state index < -0.39 is 10.8 Å². The van der Waals surface area contributed by atoms with Gasteiger partial charge in [-0.3, -0.25) is 9.00 Å². The van der Waals surface area contributed by atoms with E-state index in [2.05, 4.69) is 5.32 Å². The van der Waals surface area contributed by atoms with Gasteiger partial charge in [-0.05, 0) is 18.6 Å². The molecule has 6 heteroatoms. The maximum absolute atomic E-state index is 11.7. The van der Waals surface area contributed by atoms with Gasteiger partial charge in [-0.1, -0.05) is 6.92 Å². The average molecular weight is 284 g/mol. The van der Waals surface area contributed by atoms with Gasteiger partial charge < -0.3 is 15.8 Å². The van der Waals surface area contributed by atoms with Crippen LogP contribution in [0.3, 0.4) is 0 Å². The van der Waals surface area contributed by atoms with E-state index in [0.717, 1.165) is 0 Å². The summed E-state index contributed by atoms with van der Waals surface area (Å²) in [6.45, 7) is 1.87. The topological polar surface area (TPSA) is 81.4 Å². The van der Waals surface area contributed by atoms with Gasteiger partial charge in [0.15, 0.2) is 0 Å². The Hall–Kier alpha value is -1.56. The number of benzene rings is 1. The molecule has 0 bridgehead atoms. The van der Waals surface area contributed by atoms with Gasteiger partial charge in [-0.25, -0.2) is 0 Å². The van der Waals surface area contributed by atoms with E-state index >= 15 is 0 Å². The molecule has 0 aliphatic rings. The van der Waals surface area contributed by atoms with Crippen LogP contribution in [0.25, 0.3) is 0 Å². The van der Waals surface area contributed by atoms with Gasteiger partial charge >= 0.3 is 0 Å². The number of rotatable bonds is 7. The first-order valence-electron chi connectivity index (χ1n) is 6.15. The number of carbonyl (C=O) groups excluding carboxylic acids is 1. The molecule has 0 spiro atoms. The first-order valence-corrected chi connectivity index (χ1v) is 7.64. The van der Waals surface area contributed by atoms with Crippen LogP contribution in [-0.4, -0.2) is 28.7 Å². The third-order valence-electron chi connectivity index (χ3n) is 2.63. The quantitative estimate of drug-likeness (QED) is 0.748. The van der Waals surface area contributed by atoms with Crippen molar-refractivity contribution in [2.75, 3.05) is 29.7 Å². The maximum atomic E-state index is 11.7. The molecule has 1 rings (SSSR count). The molecule has 0 radical (unpaired) electrons. The van der Waals surface area contributed by atoms with Crippen LogP contribution in [0.5, 0.6) is 5.75 Å². The summed E-state index contributed by atoms with van der Waals surface area (Å²) in [6, 6.07) is 5.09. The minimum Gasteiger partial charge on any atom is -0.497 e. The molecule has 0 fully saturated rings.